The molecule has 0 saturated carbocycles. The van der Waals surface area contributed by atoms with Crippen LogP contribution in [-0.2, 0) is 20.9 Å². The Morgan fingerprint density at radius 1 is 1.12 bits per heavy atom. The molecule has 0 aliphatic carbocycles. The third kappa shape index (κ3) is 7.89. The number of para-hydroxylation sites is 1. The Labute approximate surface area is 204 Å². The molecule has 1 aliphatic rings. The molecule has 0 radical (unpaired) electrons. The number of halogens is 2. The van der Waals surface area contributed by atoms with Gasteiger partial charge >= 0.3 is 0 Å². The quantitative estimate of drug-likeness (QED) is 0.549. The van der Waals surface area contributed by atoms with E-state index in [0.717, 1.165) is 25.2 Å². The maximum absolute atomic E-state index is 13.1. The summed E-state index contributed by atoms with van der Waals surface area (Å²) in [5.41, 5.74) is 0.860. The smallest absolute Gasteiger partial charge is 0.261 e. The molecular weight excluding hydrogens is 465 g/mol. The van der Waals surface area contributed by atoms with Crippen molar-refractivity contribution in [3.8, 4) is 5.75 Å². The van der Waals surface area contributed by atoms with Crippen molar-refractivity contribution in [1.29, 1.82) is 0 Å². The number of carbonyl (C=O) groups is 2. The Morgan fingerprint density at radius 2 is 1.82 bits per heavy atom. The summed E-state index contributed by atoms with van der Waals surface area (Å²) >= 11 is 12.1. The Bertz CT molecular complexity index is 920. The number of rotatable bonds is 10. The molecule has 1 heterocycles. The van der Waals surface area contributed by atoms with Crippen molar-refractivity contribution < 1.29 is 19.1 Å². The highest BCUT2D eigenvalue weighted by Gasteiger charge is 2.26. The summed E-state index contributed by atoms with van der Waals surface area (Å²) < 4.78 is 11.0. The predicted molar refractivity (Wildman–Crippen MR) is 129 cm³/mol. The molecule has 178 valence electrons. The van der Waals surface area contributed by atoms with E-state index in [0.29, 0.717) is 35.6 Å². The van der Waals surface area contributed by atoms with Gasteiger partial charge in [0, 0.05) is 37.7 Å². The van der Waals surface area contributed by atoms with Crippen LogP contribution < -0.4 is 10.1 Å². The van der Waals surface area contributed by atoms with Gasteiger partial charge in [0.2, 0.25) is 5.91 Å². The molecule has 1 N–H and O–H groups in total. The number of nitrogens with one attached hydrogen (secondary N) is 1. The number of nitrogens with zero attached hydrogens (tertiary/aromatic N) is 2. The summed E-state index contributed by atoms with van der Waals surface area (Å²) in [7, 11) is 0. The molecule has 7 nitrogen and oxygen atoms in total. The topological polar surface area (TPSA) is 71.1 Å². The van der Waals surface area contributed by atoms with E-state index in [4.69, 9.17) is 32.7 Å². The standard InChI is InChI=1S/C24H29Cl2N3O4/c1-18(24(31)27-10-11-28-12-14-32-15-13-28)29(16-19-6-8-20(25)9-7-19)23(30)17-33-22-5-3-2-4-21(22)26/h2-9,18H,10-17H2,1H3,(H,27,31)/t18-/m0/s1. The molecule has 1 aliphatic heterocycles. The first-order chi connectivity index (χ1) is 15.9. The molecule has 1 fully saturated rings. The number of hydrogen-bond donors (Lipinski definition) is 1. The molecule has 2 aromatic rings. The van der Waals surface area contributed by atoms with Gasteiger partial charge in [-0.2, -0.15) is 0 Å². The van der Waals surface area contributed by atoms with Gasteiger partial charge in [-0.3, -0.25) is 14.5 Å². The van der Waals surface area contributed by atoms with Crippen LogP contribution in [0.15, 0.2) is 48.5 Å². The number of benzene rings is 2. The molecule has 1 saturated heterocycles. The zero-order chi connectivity index (χ0) is 23.6. The normalized spacial score (nSPS) is 15.0. The molecule has 3 rings (SSSR count). The second-order valence-electron chi connectivity index (χ2n) is 7.79. The van der Waals surface area contributed by atoms with Crippen LogP contribution in [0.25, 0.3) is 0 Å². The summed E-state index contributed by atoms with van der Waals surface area (Å²) in [6, 6.07) is 13.4. The van der Waals surface area contributed by atoms with Gasteiger partial charge in [0.1, 0.15) is 11.8 Å². The maximum Gasteiger partial charge on any atom is 0.261 e. The van der Waals surface area contributed by atoms with Crippen molar-refractivity contribution in [2.24, 2.45) is 0 Å². The van der Waals surface area contributed by atoms with Crippen molar-refractivity contribution in [1.82, 2.24) is 15.1 Å². The average Bonchev–Trinajstić information content (AvgIpc) is 2.83. The van der Waals surface area contributed by atoms with Gasteiger partial charge in [-0.25, -0.2) is 0 Å². The van der Waals surface area contributed by atoms with Crippen LogP contribution in [0.3, 0.4) is 0 Å². The van der Waals surface area contributed by atoms with Crippen LogP contribution in [0.4, 0.5) is 0 Å². The number of morpholine rings is 1. The second kappa shape index (κ2) is 12.8. The van der Waals surface area contributed by atoms with Gasteiger partial charge in [0.05, 0.1) is 18.2 Å². The summed E-state index contributed by atoms with van der Waals surface area (Å²) in [5.74, 6) is -0.120. The Morgan fingerprint density at radius 3 is 2.52 bits per heavy atom. The van der Waals surface area contributed by atoms with E-state index in [-0.39, 0.29) is 25.0 Å². The molecule has 9 heteroatoms. The highest BCUT2D eigenvalue weighted by Crippen LogP contribution is 2.23. The van der Waals surface area contributed by atoms with Gasteiger partial charge in [0.15, 0.2) is 6.61 Å². The lowest BCUT2D eigenvalue weighted by atomic mass is 10.1. The first-order valence-corrected chi connectivity index (χ1v) is 11.7. The number of hydrogen-bond acceptors (Lipinski definition) is 5. The summed E-state index contributed by atoms with van der Waals surface area (Å²) in [5, 5.41) is 3.97. The molecule has 0 spiro atoms. The van der Waals surface area contributed by atoms with Crippen LogP contribution in [0.5, 0.6) is 5.75 Å². The number of amides is 2. The third-order valence-electron chi connectivity index (χ3n) is 5.45. The first-order valence-electron chi connectivity index (χ1n) is 10.9. The zero-order valence-electron chi connectivity index (χ0n) is 18.6. The molecule has 2 aromatic carbocycles. The Hall–Kier alpha value is -2.32. The second-order valence-corrected chi connectivity index (χ2v) is 8.63. The van der Waals surface area contributed by atoms with Crippen LogP contribution in [-0.4, -0.2) is 73.7 Å². The van der Waals surface area contributed by atoms with E-state index in [2.05, 4.69) is 10.2 Å². The van der Waals surface area contributed by atoms with Crippen molar-refractivity contribution >= 4 is 35.0 Å². The third-order valence-corrected chi connectivity index (χ3v) is 6.02. The lowest BCUT2D eigenvalue weighted by molar-refractivity contribution is -0.142. The van der Waals surface area contributed by atoms with Crippen molar-refractivity contribution in [3.05, 3.63) is 64.1 Å². The lowest BCUT2D eigenvalue weighted by Gasteiger charge is -2.30. The highest BCUT2D eigenvalue weighted by atomic mass is 35.5. The summed E-state index contributed by atoms with van der Waals surface area (Å²) in [6.45, 7) is 6.09. The SMILES string of the molecule is C[C@@H](C(=O)NCCN1CCOCC1)N(Cc1ccc(Cl)cc1)C(=O)COc1ccccc1Cl. The summed E-state index contributed by atoms with van der Waals surface area (Å²) in [4.78, 5) is 29.7. The van der Waals surface area contributed by atoms with Crippen molar-refractivity contribution in [2.75, 3.05) is 46.0 Å². The fourth-order valence-corrected chi connectivity index (χ4v) is 3.78. The largest absolute Gasteiger partial charge is 0.482 e. The minimum absolute atomic E-state index is 0.219. The highest BCUT2D eigenvalue weighted by molar-refractivity contribution is 6.32. The number of ether oxygens (including phenoxy) is 2. The van der Waals surface area contributed by atoms with Crippen LogP contribution >= 0.6 is 23.2 Å². The fourth-order valence-electron chi connectivity index (χ4n) is 3.46. The van der Waals surface area contributed by atoms with Gasteiger partial charge < -0.3 is 19.7 Å². The zero-order valence-corrected chi connectivity index (χ0v) is 20.1. The molecule has 1 atom stereocenters. The molecule has 2 amide bonds. The first kappa shape index (κ1) is 25.3. The summed E-state index contributed by atoms with van der Waals surface area (Å²) in [6.07, 6.45) is 0. The Kier molecular flexibility index (Phi) is 9.81. The van der Waals surface area contributed by atoms with Gasteiger partial charge in [0.25, 0.3) is 5.91 Å². The monoisotopic (exact) mass is 493 g/mol. The van der Waals surface area contributed by atoms with E-state index < -0.39 is 6.04 Å². The lowest BCUT2D eigenvalue weighted by Crippen LogP contribution is -2.50. The molecule has 0 bridgehead atoms. The van der Waals surface area contributed by atoms with E-state index in [1.807, 2.05) is 12.1 Å². The van der Waals surface area contributed by atoms with Crippen LogP contribution in [0, 0.1) is 0 Å². The minimum atomic E-state index is -0.687. The molecular formula is C24H29Cl2N3O4. The fraction of sp³-hybridized carbons (Fsp3) is 0.417. The van der Waals surface area contributed by atoms with Crippen LogP contribution in [0.1, 0.15) is 12.5 Å². The molecule has 0 aromatic heterocycles. The van der Waals surface area contributed by atoms with Crippen molar-refractivity contribution in [2.45, 2.75) is 19.5 Å². The predicted octanol–water partition coefficient (Wildman–Crippen LogP) is 3.24. The Balaban J connectivity index is 1.62. The van der Waals surface area contributed by atoms with Crippen molar-refractivity contribution in [3.63, 3.8) is 0 Å². The van der Waals surface area contributed by atoms with Gasteiger partial charge in [-0.1, -0.05) is 47.5 Å². The van der Waals surface area contributed by atoms with Gasteiger partial charge in [-0.15, -0.1) is 0 Å². The van der Waals surface area contributed by atoms with E-state index >= 15 is 0 Å². The van der Waals surface area contributed by atoms with Crippen LogP contribution in [0.2, 0.25) is 10.0 Å². The number of carbonyl (C=O) groups excluding carboxylic acids is 2. The maximum atomic E-state index is 13.1. The van der Waals surface area contributed by atoms with E-state index in [9.17, 15) is 9.59 Å². The minimum Gasteiger partial charge on any atom is -0.482 e. The molecule has 33 heavy (non-hydrogen) atoms. The molecule has 0 unspecified atom stereocenters. The van der Waals surface area contributed by atoms with Gasteiger partial charge in [-0.05, 0) is 36.8 Å². The van der Waals surface area contributed by atoms with E-state index in [1.54, 1.807) is 43.3 Å². The average molecular weight is 494 g/mol. The van der Waals surface area contributed by atoms with E-state index in [1.165, 1.54) is 4.90 Å².